The van der Waals surface area contributed by atoms with E-state index < -0.39 is 43.0 Å². The van der Waals surface area contributed by atoms with E-state index in [0.29, 0.717) is 11.3 Å². The van der Waals surface area contributed by atoms with Gasteiger partial charge in [-0.25, -0.2) is 4.79 Å². The number of aryl methyl sites for hydroxylation is 1. The average molecular weight is 603 g/mol. The highest BCUT2D eigenvalue weighted by molar-refractivity contribution is 5.90. The molecule has 0 aromatic heterocycles. The van der Waals surface area contributed by atoms with Gasteiger partial charge < -0.3 is 28.4 Å². The predicted octanol–water partition coefficient (Wildman–Crippen LogP) is 7.18. The summed E-state index contributed by atoms with van der Waals surface area (Å²) < 4.78 is 38.9. The number of hydrogen-bond acceptors (Lipinski definition) is 7. The molecule has 2 aliphatic rings. The van der Waals surface area contributed by atoms with Crippen LogP contribution in [-0.4, -0.2) is 43.3 Å². The average Bonchev–Trinajstić information content (AvgIpc) is 3.10. The first kappa shape index (κ1) is 29.2. The fourth-order valence-corrected chi connectivity index (χ4v) is 5.88. The van der Waals surface area contributed by atoms with Gasteiger partial charge in [0, 0.05) is 10.9 Å². The SMILES string of the molecule is Cc1ccc2ccccc2c1O[C@@H]1[C@@H](OC(=O)c2ccccc2)[C@H](OCc2ccccc2)O[C@@H]2COC(c3ccccc3)O[C@@H]12. The molecule has 228 valence electrons. The summed E-state index contributed by atoms with van der Waals surface area (Å²) in [5.74, 6) is 0.179. The number of esters is 1. The van der Waals surface area contributed by atoms with Crippen molar-refractivity contribution in [2.24, 2.45) is 0 Å². The summed E-state index contributed by atoms with van der Waals surface area (Å²) in [4.78, 5) is 13.6. The number of fused-ring (bicyclic) bond motifs is 2. The molecule has 2 aliphatic heterocycles. The van der Waals surface area contributed by atoms with E-state index in [1.807, 2.05) is 104 Å². The van der Waals surface area contributed by atoms with Gasteiger partial charge in [-0.2, -0.15) is 0 Å². The number of rotatable bonds is 8. The third kappa shape index (κ3) is 6.34. The minimum Gasteiger partial charge on any atom is -0.483 e. The largest absolute Gasteiger partial charge is 0.483 e. The van der Waals surface area contributed by atoms with Crippen molar-refractivity contribution in [2.45, 2.75) is 50.5 Å². The lowest BCUT2D eigenvalue weighted by Crippen LogP contribution is -2.65. The lowest BCUT2D eigenvalue weighted by Gasteiger charge is -2.48. The molecule has 0 bridgehead atoms. The highest BCUT2D eigenvalue weighted by Gasteiger charge is 2.54. The molecule has 7 nitrogen and oxygen atoms in total. The van der Waals surface area contributed by atoms with E-state index >= 15 is 0 Å². The summed E-state index contributed by atoms with van der Waals surface area (Å²) in [6, 6.07) is 40.6. The first-order valence-corrected chi connectivity index (χ1v) is 15.2. The van der Waals surface area contributed by atoms with Crippen molar-refractivity contribution in [1.29, 1.82) is 0 Å². The van der Waals surface area contributed by atoms with Gasteiger partial charge in [-0.15, -0.1) is 0 Å². The van der Waals surface area contributed by atoms with Crippen LogP contribution in [0.5, 0.6) is 5.75 Å². The molecule has 0 amide bonds. The van der Waals surface area contributed by atoms with Crippen LogP contribution >= 0.6 is 0 Å². The molecule has 2 saturated heterocycles. The Morgan fingerprint density at radius 1 is 0.756 bits per heavy atom. The number of benzene rings is 5. The van der Waals surface area contributed by atoms with Crippen molar-refractivity contribution in [3.8, 4) is 5.75 Å². The Kier molecular flexibility index (Phi) is 8.58. The van der Waals surface area contributed by atoms with Crippen LogP contribution in [0.25, 0.3) is 10.8 Å². The molecular weight excluding hydrogens is 568 g/mol. The fraction of sp³-hybridized carbons (Fsp3) is 0.237. The normalized spacial score (nSPS) is 24.5. The Morgan fingerprint density at radius 2 is 1.44 bits per heavy atom. The highest BCUT2D eigenvalue weighted by Crippen LogP contribution is 2.40. The van der Waals surface area contributed by atoms with E-state index in [1.54, 1.807) is 24.3 Å². The molecule has 2 fully saturated rings. The van der Waals surface area contributed by atoms with Gasteiger partial charge in [0.15, 0.2) is 24.8 Å². The van der Waals surface area contributed by atoms with Crippen LogP contribution in [-0.2, 0) is 30.3 Å². The van der Waals surface area contributed by atoms with Crippen LogP contribution in [0.1, 0.15) is 33.3 Å². The van der Waals surface area contributed by atoms with E-state index in [2.05, 4.69) is 6.07 Å². The second-order valence-electron chi connectivity index (χ2n) is 11.3. The third-order valence-corrected chi connectivity index (χ3v) is 8.20. The van der Waals surface area contributed by atoms with E-state index in [4.69, 9.17) is 28.4 Å². The first-order valence-electron chi connectivity index (χ1n) is 15.2. The molecule has 7 heteroatoms. The first-order chi connectivity index (χ1) is 22.1. The van der Waals surface area contributed by atoms with Gasteiger partial charge in [0.1, 0.15) is 18.0 Å². The second-order valence-corrected chi connectivity index (χ2v) is 11.3. The van der Waals surface area contributed by atoms with E-state index in [0.717, 1.165) is 27.5 Å². The number of carbonyl (C=O) groups excluding carboxylic acids is 1. The summed E-state index contributed by atoms with van der Waals surface area (Å²) in [5.41, 5.74) is 3.19. The molecule has 0 radical (unpaired) electrons. The molecule has 6 atom stereocenters. The molecule has 0 N–H and O–H groups in total. The summed E-state index contributed by atoms with van der Waals surface area (Å²) in [6.45, 7) is 2.49. The molecule has 2 heterocycles. The quantitative estimate of drug-likeness (QED) is 0.174. The van der Waals surface area contributed by atoms with Crippen LogP contribution in [0.15, 0.2) is 127 Å². The predicted molar refractivity (Wildman–Crippen MR) is 169 cm³/mol. The van der Waals surface area contributed by atoms with Crippen molar-refractivity contribution in [1.82, 2.24) is 0 Å². The van der Waals surface area contributed by atoms with Gasteiger partial charge in [0.05, 0.1) is 18.8 Å². The lowest BCUT2D eigenvalue weighted by molar-refractivity contribution is -0.358. The maximum absolute atomic E-state index is 13.6. The van der Waals surface area contributed by atoms with Crippen molar-refractivity contribution in [3.63, 3.8) is 0 Å². The van der Waals surface area contributed by atoms with Gasteiger partial charge >= 0.3 is 5.97 Å². The Hall–Kier alpha value is -4.53. The van der Waals surface area contributed by atoms with Crippen LogP contribution in [0.4, 0.5) is 0 Å². The molecule has 5 aromatic rings. The third-order valence-electron chi connectivity index (χ3n) is 8.20. The Bertz CT molecular complexity index is 1730. The number of carbonyl (C=O) groups is 1. The van der Waals surface area contributed by atoms with Gasteiger partial charge in [-0.1, -0.05) is 115 Å². The van der Waals surface area contributed by atoms with Gasteiger partial charge in [-0.05, 0) is 35.6 Å². The molecule has 0 saturated carbocycles. The molecule has 7 rings (SSSR count). The summed E-state index contributed by atoms with van der Waals surface area (Å²) in [5, 5.41) is 1.98. The zero-order chi connectivity index (χ0) is 30.6. The highest BCUT2D eigenvalue weighted by atomic mass is 16.8. The summed E-state index contributed by atoms with van der Waals surface area (Å²) in [6.07, 6.45) is -4.57. The van der Waals surface area contributed by atoms with Crippen molar-refractivity contribution < 1.29 is 33.2 Å². The topological polar surface area (TPSA) is 72.5 Å². The Morgan fingerprint density at radius 3 is 2.22 bits per heavy atom. The van der Waals surface area contributed by atoms with Crippen molar-refractivity contribution in [2.75, 3.05) is 6.61 Å². The maximum atomic E-state index is 13.6. The molecule has 0 aliphatic carbocycles. The molecular formula is C38H34O7. The summed E-state index contributed by atoms with van der Waals surface area (Å²) in [7, 11) is 0. The summed E-state index contributed by atoms with van der Waals surface area (Å²) >= 11 is 0. The zero-order valence-corrected chi connectivity index (χ0v) is 24.9. The van der Waals surface area contributed by atoms with Crippen molar-refractivity contribution in [3.05, 3.63) is 150 Å². The Labute approximate surface area is 262 Å². The van der Waals surface area contributed by atoms with Gasteiger partial charge in [0.25, 0.3) is 0 Å². The van der Waals surface area contributed by atoms with Gasteiger partial charge in [-0.3, -0.25) is 0 Å². The van der Waals surface area contributed by atoms with E-state index in [9.17, 15) is 4.79 Å². The standard InChI is InChI=1S/C38H34O7/c1-25-21-22-27-15-11-12-20-30(27)32(25)43-34-33-31(24-41-37(45-33)29-18-9-4-10-19-29)42-38(40-23-26-13-5-2-6-14-26)35(34)44-36(39)28-16-7-3-8-17-28/h2-22,31,33-35,37-38H,23-24H2,1H3/t31-,33-,34+,35-,37?,38-/m1/s1. The second kappa shape index (κ2) is 13.2. The van der Waals surface area contributed by atoms with Crippen LogP contribution < -0.4 is 4.74 Å². The fourth-order valence-electron chi connectivity index (χ4n) is 5.88. The Balaban J connectivity index is 1.28. The van der Waals surface area contributed by atoms with Gasteiger partial charge in [0.2, 0.25) is 0 Å². The monoisotopic (exact) mass is 602 g/mol. The van der Waals surface area contributed by atoms with Crippen LogP contribution in [0.2, 0.25) is 0 Å². The molecule has 1 unspecified atom stereocenters. The lowest BCUT2D eigenvalue weighted by atomic mass is 9.96. The minimum atomic E-state index is -0.976. The van der Waals surface area contributed by atoms with Crippen LogP contribution in [0.3, 0.4) is 0 Å². The van der Waals surface area contributed by atoms with Crippen LogP contribution in [0, 0.1) is 6.92 Å². The molecule has 0 spiro atoms. The molecule has 5 aromatic carbocycles. The van der Waals surface area contributed by atoms with E-state index in [-0.39, 0.29) is 13.2 Å². The maximum Gasteiger partial charge on any atom is 0.338 e. The van der Waals surface area contributed by atoms with Crippen molar-refractivity contribution >= 4 is 16.7 Å². The smallest absolute Gasteiger partial charge is 0.338 e. The zero-order valence-electron chi connectivity index (χ0n) is 24.9. The number of hydrogen-bond donors (Lipinski definition) is 0. The van der Waals surface area contributed by atoms with E-state index in [1.165, 1.54) is 0 Å². The minimum absolute atomic E-state index is 0.239. The number of ether oxygens (including phenoxy) is 6. The molecule has 45 heavy (non-hydrogen) atoms.